The third-order valence-electron chi connectivity index (χ3n) is 3.97. The van der Waals surface area contributed by atoms with Crippen LogP contribution in [0.3, 0.4) is 0 Å². The summed E-state index contributed by atoms with van der Waals surface area (Å²) in [5.74, 6) is 0.961. The molecule has 0 saturated heterocycles. The Balaban J connectivity index is 2.08. The Hall–Kier alpha value is -1.84. The lowest BCUT2D eigenvalue weighted by atomic mass is 9.96. The summed E-state index contributed by atoms with van der Waals surface area (Å²) in [7, 11) is 1.74. The first-order valence-electron chi connectivity index (χ1n) is 7.54. The molecule has 0 aliphatic carbocycles. The molecule has 0 bridgehead atoms. The average molecular weight is 311 g/mol. The summed E-state index contributed by atoms with van der Waals surface area (Å²) < 4.78 is 5.59. The van der Waals surface area contributed by atoms with Crippen molar-refractivity contribution in [1.82, 2.24) is 0 Å². The van der Waals surface area contributed by atoms with Crippen LogP contribution in [0.25, 0.3) is 10.8 Å². The lowest BCUT2D eigenvalue weighted by molar-refractivity contribution is 0.411. The molecule has 3 aromatic rings. The van der Waals surface area contributed by atoms with Crippen LogP contribution in [0.4, 0.5) is 0 Å². The molecule has 2 nitrogen and oxygen atoms in total. The van der Waals surface area contributed by atoms with Gasteiger partial charge in [0.05, 0.1) is 7.11 Å². The van der Waals surface area contributed by atoms with E-state index < -0.39 is 0 Å². The molecule has 0 spiro atoms. The zero-order chi connectivity index (χ0) is 15.5. The van der Waals surface area contributed by atoms with E-state index in [1.54, 1.807) is 18.4 Å². The second kappa shape index (κ2) is 6.51. The first-order valence-corrected chi connectivity index (χ1v) is 8.42. The van der Waals surface area contributed by atoms with E-state index >= 15 is 0 Å². The Morgan fingerprint density at radius 2 is 1.95 bits per heavy atom. The Kier molecular flexibility index (Phi) is 4.46. The van der Waals surface area contributed by atoms with Gasteiger partial charge in [0.2, 0.25) is 0 Å². The van der Waals surface area contributed by atoms with E-state index in [2.05, 4.69) is 48.7 Å². The van der Waals surface area contributed by atoms with E-state index in [0.717, 1.165) is 18.6 Å². The zero-order valence-electron chi connectivity index (χ0n) is 13.1. The van der Waals surface area contributed by atoms with E-state index in [1.807, 2.05) is 0 Å². The predicted molar refractivity (Wildman–Crippen MR) is 95.1 cm³/mol. The molecule has 1 aromatic heterocycles. The predicted octanol–water partition coefficient (Wildman–Crippen LogP) is 4.31. The van der Waals surface area contributed by atoms with Gasteiger partial charge in [0.1, 0.15) is 5.75 Å². The lowest BCUT2D eigenvalue weighted by Gasteiger charge is -2.13. The number of benzene rings is 2. The van der Waals surface area contributed by atoms with Crippen LogP contribution in [0.1, 0.15) is 21.6 Å². The molecule has 0 fully saturated rings. The number of hydrogen-bond acceptors (Lipinski definition) is 3. The Morgan fingerprint density at radius 1 is 1.09 bits per heavy atom. The van der Waals surface area contributed by atoms with E-state index in [9.17, 15) is 0 Å². The van der Waals surface area contributed by atoms with Gasteiger partial charge >= 0.3 is 0 Å². The highest BCUT2D eigenvalue weighted by molar-refractivity contribution is 7.10. The highest BCUT2D eigenvalue weighted by Crippen LogP contribution is 2.31. The summed E-state index contributed by atoms with van der Waals surface area (Å²) >= 11 is 1.80. The summed E-state index contributed by atoms with van der Waals surface area (Å²) in [6.45, 7) is 2.83. The average Bonchev–Trinajstić information content (AvgIpc) is 2.93. The van der Waals surface area contributed by atoms with Crippen LogP contribution in [0.2, 0.25) is 0 Å². The molecule has 2 N–H and O–H groups in total. The van der Waals surface area contributed by atoms with Gasteiger partial charge in [-0.2, -0.15) is 0 Å². The maximum absolute atomic E-state index is 5.67. The van der Waals surface area contributed by atoms with Crippen molar-refractivity contribution in [3.8, 4) is 5.75 Å². The lowest BCUT2D eigenvalue weighted by Crippen LogP contribution is -2.02. The van der Waals surface area contributed by atoms with E-state index in [-0.39, 0.29) is 0 Å². The van der Waals surface area contributed by atoms with Crippen LogP contribution in [-0.4, -0.2) is 13.7 Å². The monoisotopic (exact) mass is 311 g/mol. The summed E-state index contributed by atoms with van der Waals surface area (Å²) in [4.78, 5) is 1.35. The van der Waals surface area contributed by atoms with E-state index in [1.165, 1.54) is 32.3 Å². The van der Waals surface area contributed by atoms with E-state index in [0.29, 0.717) is 6.54 Å². The normalized spacial score (nSPS) is 11.0. The van der Waals surface area contributed by atoms with Crippen LogP contribution in [-0.2, 0) is 12.8 Å². The molecule has 114 valence electrons. The minimum atomic E-state index is 0.683. The zero-order valence-corrected chi connectivity index (χ0v) is 13.9. The second-order valence-corrected chi connectivity index (χ2v) is 6.70. The highest BCUT2D eigenvalue weighted by Gasteiger charge is 2.10. The largest absolute Gasteiger partial charge is 0.496 e. The molecule has 1 heterocycles. The summed E-state index contributed by atoms with van der Waals surface area (Å²) in [6.07, 6.45) is 1.82. The quantitative estimate of drug-likeness (QED) is 0.762. The number of methoxy groups -OCH3 is 1. The van der Waals surface area contributed by atoms with Gasteiger partial charge < -0.3 is 10.5 Å². The van der Waals surface area contributed by atoms with Gasteiger partial charge in [-0.05, 0) is 59.3 Å². The summed E-state index contributed by atoms with van der Waals surface area (Å²) in [6, 6.07) is 13.1. The smallest absolute Gasteiger partial charge is 0.123 e. The van der Waals surface area contributed by atoms with Crippen LogP contribution in [0.5, 0.6) is 5.75 Å². The fourth-order valence-corrected chi connectivity index (χ4v) is 3.62. The number of ether oxygens (including phenoxy) is 1. The summed E-state index contributed by atoms with van der Waals surface area (Å²) in [5, 5.41) is 4.76. The molecule has 22 heavy (non-hydrogen) atoms. The van der Waals surface area contributed by atoms with Crippen molar-refractivity contribution in [3.63, 3.8) is 0 Å². The molecule has 2 aromatic carbocycles. The minimum Gasteiger partial charge on any atom is -0.496 e. The van der Waals surface area contributed by atoms with Gasteiger partial charge in [0.25, 0.3) is 0 Å². The first-order chi connectivity index (χ1) is 10.7. The van der Waals surface area contributed by atoms with Gasteiger partial charge in [-0.15, -0.1) is 11.3 Å². The maximum atomic E-state index is 5.67. The van der Waals surface area contributed by atoms with Gasteiger partial charge in [0.15, 0.2) is 0 Å². The van der Waals surface area contributed by atoms with Crippen molar-refractivity contribution in [1.29, 1.82) is 0 Å². The number of aryl methyl sites for hydroxylation is 1. The van der Waals surface area contributed by atoms with E-state index in [4.69, 9.17) is 10.5 Å². The number of nitrogens with two attached hydrogens (primary N) is 1. The topological polar surface area (TPSA) is 35.2 Å². The van der Waals surface area contributed by atoms with Crippen molar-refractivity contribution in [2.75, 3.05) is 13.7 Å². The second-order valence-electron chi connectivity index (χ2n) is 5.58. The molecule has 0 unspecified atom stereocenters. The molecule has 0 amide bonds. The Labute approximate surface area is 135 Å². The fraction of sp³-hybridized carbons (Fsp3) is 0.263. The number of rotatable bonds is 5. The van der Waals surface area contributed by atoms with Crippen LogP contribution >= 0.6 is 11.3 Å². The molecule has 3 rings (SSSR count). The Bertz CT molecular complexity index is 791. The standard InChI is InChI=1S/C19H21NOS/c1-13-9-15(12-22-13)11-18-17-5-3-14(7-8-20)10-16(17)4-6-19(18)21-2/h3-6,9-10,12H,7-8,11,20H2,1-2H3. The molecule has 3 heteroatoms. The van der Waals surface area contributed by atoms with Crippen molar-refractivity contribution in [2.24, 2.45) is 5.73 Å². The third-order valence-corrected chi connectivity index (χ3v) is 4.88. The maximum Gasteiger partial charge on any atom is 0.123 e. The number of thiophene rings is 1. The molecular formula is C19H21NOS. The van der Waals surface area contributed by atoms with Crippen molar-refractivity contribution in [2.45, 2.75) is 19.8 Å². The van der Waals surface area contributed by atoms with Gasteiger partial charge in [0, 0.05) is 16.9 Å². The van der Waals surface area contributed by atoms with Crippen molar-refractivity contribution < 1.29 is 4.74 Å². The van der Waals surface area contributed by atoms with Gasteiger partial charge in [-0.1, -0.05) is 24.3 Å². The van der Waals surface area contributed by atoms with Crippen LogP contribution in [0.15, 0.2) is 41.8 Å². The van der Waals surface area contributed by atoms with Gasteiger partial charge in [-0.25, -0.2) is 0 Å². The SMILES string of the molecule is COc1ccc2cc(CCN)ccc2c1Cc1csc(C)c1. The number of fused-ring (bicyclic) bond motifs is 1. The first kappa shape index (κ1) is 15.1. The third kappa shape index (κ3) is 3.01. The number of hydrogen-bond donors (Lipinski definition) is 1. The molecule has 0 aliphatic heterocycles. The molecular weight excluding hydrogens is 290 g/mol. The molecule has 0 radical (unpaired) electrons. The van der Waals surface area contributed by atoms with Crippen molar-refractivity contribution in [3.05, 3.63) is 63.3 Å². The molecule has 0 saturated carbocycles. The molecule has 0 aliphatic rings. The summed E-state index contributed by atoms with van der Waals surface area (Å²) in [5.41, 5.74) is 9.56. The highest BCUT2D eigenvalue weighted by atomic mass is 32.1. The van der Waals surface area contributed by atoms with Crippen LogP contribution < -0.4 is 10.5 Å². The minimum absolute atomic E-state index is 0.683. The Morgan fingerprint density at radius 3 is 2.64 bits per heavy atom. The van der Waals surface area contributed by atoms with Gasteiger partial charge in [-0.3, -0.25) is 0 Å². The van der Waals surface area contributed by atoms with Crippen molar-refractivity contribution >= 4 is 22.1 Å². The molecule has 0 atom stereocenters. The fourth-order valence-electron chi connectivity index (χ4n) is 2.91. The van der Waals surface area contributed by atoms with Crippen LogP contribution in [0, 0.1) is 6.92 Å².